The van der Waals surface area contributed by atoms with E-state index in [2.05, 4.69) is 15.5 Å². The molecule has 1 aliphatic heterocycles. The monoisotopic (exact) mass is 696 g/mol. The molecular weight excluding hydrogens is 661 g/mol. The molecule has 0 saturated heterocycles. The number of carbonyl (C=O) groups is 2. The number of hydrogen-bond acceptors (Lipinski definition) is 10. The van der Waals surface area contributed by atoms with Gasteiger partial charge < -0.3 is 19.5 Å². The first-order valence-electron chi connectivity index (χ1n) is 15.5. The lowest BCUT2D eigenvalue weighted by atomic mass is 10.0. The summed E-state index contributed by atoms with van der Waals surface area (Å²) < 4.78 is 17.9. The van der Waals surface area contributed by atoms with Crippen molar-refractivity contribution in [2.45, 2.75) is 38.0 Å². The quantitative estimate of drug-likeness (QED) is 0.150. The second kappa shape index (κ2) is 15.0. The minimum atomic E-state index is -0.307. The van der Waals surface area contributed by atoms with Gasteiger partial charge in [-0.25, -0.2) is 5.01 Å². The van der Waals surface area contributed by atoms with Crippen LogP contribution < -0.4 is 19.5 Å². The van der Waals surface area contributed by atoms with Crippen LogP contribution in [0.25, 0.3) is 5.69 Å². The summed E-state index contributed by atoms with van der Waals surface area (Å²) in [6.45, 7) is 4.16. The van der Waals surface area contributed by atoms with Gasteiger partial charge in [0.1, 0.15) is 5.75 Å². The van der Waals surface area contributed by atoms with Crippen LogP contribution in [0, 0.1) is 13.8 Å². The smallest absolute Gasteiger partial charge is 0.253 e. The van der Waals surface area contributed by atoms with Crippen molar-refractivity contribution < 1.29 is 23.8 Å². The highest BCUT2D eigenvalue weighted by molar-refractivity contribution is 7.99. The minimum absolute atomic E-state index is 0.0782. The molecule has 0 unspecified atom stereocenters. The summed E-state index contributed by atoms with van der Waals surface area (Å²) in [4.78, 5) is 28.1. The van der Waals surface area contributed by atoms with Crippen LogP contribution in [0.3, 0.4) is 0 Å². The van der Waals surface area contributed by atoms with Crippen molar-refractivity contribution >= 4 is 40.6 Å². The summed E-state index contributed by atoms with van der Waals surface area (Å²) in [5, 5.41) is 20.8. The van der Waals surface area contributed by atoms with E-state index in [0.717, 1.165) is 38.7 Å². The van der Waals surface area contributed by atoms with E-state index in [1.165, 1.54) is 18.9 Å². The van der Waals surface area contributed by atoms with Crippen molar-refractivity contribution in [1.29, 1.82) is 0 Å². The van der Waals surface area contributed by atoms with Crippen LogP contribution in [0.5, 0.6) is 17.2 Å². The summed E-state index contributed by atoms with van der Waals surface area (Å²) in [7, 11) is 4.69. The molecule has 11 nitrogen and oxygen atoms in total. The number of hydrazone groups is 1. The highest BCUT2D eigenvalue weighted by atomic mass is 32.2. The van der Waals surface area contributed by atoms with E-state index in [4.69, 9.17) is 19.3 Å². The van der Waals surface area contributed by atoms with E-state index in [9.17, 15) is 9.59 Å². The van der Waals surface area contributed by atoms with E-state index in [1.807, 2.05) is 78.4 Å². The summed E-state index contributed by atoms with van der Waals surface area (Å²) in [6.07, 6.45) is 0.603. The summed E-state index contributed by atoms with van der Waals surface area (Å²) in [6, 6.07) is 22.5. The van der Waals surface area contributed by atoms with Gasteiger partial charge >= 0.3 is 0 Å². The normalized spacial score (nSPS) is 14.0. The van der Waals surface area contributed by atoms with Crippen LogP contribution in [0.15, 0.2) is 88.4 Å². The molecule has 1 atom stereocenters. The van der Waals surface area contributed by atoms with E-state index in [0.29, 0.717) is 34.5 Å². The molecule has 1 N–H and O–H groups in total. The fourth-order valence-electron chi connectivity index (χ4n) is 5.58. The van der Waals surface area contributed by atoms with Crippen molar-refractivity contribution in [2.75, 3.05) is 27.1 Å². The molecule has 3 heterocycles. The molecule has 3 aromatic carbocycles. The molecule has 5 aromatic rings. The molecule has 0 spiro atoms. The number of aryl methyl sites for hydroxylation is 1. The zero-order chi connectivity index (χ0) is 34.5. The van der Waals surface area contributed by atoms with Gasteiger partial charge in [-0.05, 0) is 78.4 Å². The van der Waals surface area contributed by atoms with Crippen LogP contribution in [0.4, 0.5) is 0 Å². The van der Waals surface area contributed by atoms with E-state index < -0.39 is 0 Å². The van der Waals surface area contributed by atoms with Crippen molar-refractivity contribution in [3.63, 3.8) is 0 Å². The fraction of sp³-hybridized carbons (Fsp3) is 0.250. The highest BCUT2D eigenvalue weighted by Crippen LogP contribution is 2.36. The Kier molecular flexibility index (Phi) is 10.3. The Balaban J connectivity index is 1.25. The number of thioether (sulfide) groups is 1. The number of thiophene rings is 1. The maximum atomic E-state index is 13.9. The third kappa shape index (κ3) is 7.18. The van der Waals surface area contributed by atoms with Crippen molar-refractivity contribution in [1.82, 2.24) is 25.1 Å². The molecule has 0 saturated carbocycles. The van der Waals surface area contributed by atoms with Gasteiger partial charge in [0.2, 0.25) is 0 Å². The van der Waals surface area contributed by atoms with E-state index >= 15 is 0 Å². The maximum Gasteiger partial charge on any atom is 0.253 e. The lowest BCUT2D eigenvalue weighted by Gasteiger charge is -2.22. The van der Waals surface area contributed by atoms with Gasteiger partial charge in [-0.2, -0.15) is 5.10 Å². The largest absolute Gasteiger partial charge is 0.497 e. The average molecular weight is 697 g/mol. The number of amides is 2. The number of nitrogens with zero attached hydrogens (tertiary/aromatic N) is 5. The Labute approximate surface area is 292 Å². The number of ether oxygens (including phenoxy) is 3. The summed E-state index contributed by atoms with van der Waals surface area (Å²) in [5.41, 5.74) is 5.25. The van der Waals surface area contributed by atoms with E-state index in [-0.39, 0.29) is 30.2 Å². The standard InChI is InChI=1S/C36H36N6O5S2/c1-22-8-6-9-28(23(22)2)41-33(20-37-35(44)25-13-16-30(46-4)31(18-25)47-5)38-39-36(41)49-21-34(43)42-29(24-11-14-26(45-3)15-12-24)19-27(40-42)32-10-7-17-48-32/h6-18,29H,19-21H2,1-5H3,(H,37,44)/t29-/m1/s1. The van der Waals surface area contributed by atoms with Gasteiger partial charge in [0, 0.05) is 12.0 Å². The zero-order valence-electron chi connectivity index (χ0n) is 27.8. The molecule has 49 heavy (non-hydrogen) atoms. The summed E-state index contributed by atoms with van der Waals surface area (Å²) in [5.74, 6) is 1.87. The molecule has 13 heteroatoms. The summed E-state index contributed by atoms with van der Waals surface area (Å²) >= 11 is 2.89. The highest BCUT2D eigenvalue weighted by Gasteiger charge is 2.34. The fourth-order valence-corrected chi connectivity index (χ4v) is 7.11. The van der Waals surface area contributed by atoms with Crippen LogP contribution in [-0.4, -0.2) is 64.4 Å². The Morgan fingerprint density at radius 3 is 2.45 bits per heavy atom. The van der Waals surface area contributed by atoms with Gasteiger partial charge in [0.25, 0.3) is 11.8 Å². The Hall–Kier alpha value is -5.14. The van der Waals surface area contributed by atoms with Gasteiger partial charge in [0.05, 0.1) is 55.9 Å². The Morgan fingerprint density at radius 2 is 1.73 bits per heavy atom. The first-order chi connectivity index (χ1) is 23.8. The number of nitrogens with one attached hydrogen (secondary N) is 1. The molecule has 6 rings (SSSR count). The van der Waals surface area contributed by atoms with Crippen molar-refractivity contribution in [2.24, 2.45) is 5.10 Å². The second-order valence-corrected chi connectivity index (χ2v) is 13.1. The first-order valence-corrected chi connectivity index (χ1v) is 17.4. The molecule has 0 bridgehead atoms. The average Bonchev–Trinajstić information content (AvgIpc) is 3.91. The predicted octanol–water partition coefficient (Wildman–Crippen LogP) is 6.37. The predicted molar refractivity (Wildman–Crippen MR) is 190 cm³/mol. The molecule has 2 aromatic heterocycles. The number of aromatic nitrogens is 3. The SMILES string of the molecule is COc1ccc([C@H]2CC(c3cccs3)=NN2C(=O)CSc2nnc(CNC(=O)c3ccc(OC)c(OC)c3)n2-c2cccc(C)c2C)cc1. The van der Waals surface area contributed by atoms with Gasteiger partial charge in [-0.15, -0.1) is 21.5 Å². The maximum absolute atomic E-state index is 13.9. The molecule has 0 fully saturated rings. The van der Waals surface area contributed by atoms with Crippen LogP contribution in [0.2, 0.25) is 0 Å². The number of carbonyl (C=O) groups excluding carboxylic acids is 2. The zero-order valence-corrected chi connectivity index (χ0v) is 29.4. The Morgan fingerprint density at radius 1 is 0.939 bits per heavy atom. The number of hydrogen-bond donors (Lipinski definition) is 1. The minimum Gasteiger partial charge on any atom is -0.497 e. The third-order valence-electron chi connectivity index (χ3n) is 8.37. The number of benzene rings is 3. The van der Waals surface area contributed by atoms with Gasteiger partial charge in [-0.3, -0.25) is 14.2 Å². The van der Waals surface area contributed by atoms with Gasteiger partial charge in [0.15, 0.2) is 22.5 Å². The lowest BCUT2D eigenvalue weighted by Crippen LogP contribution is -2.28. The van der Waals surface area contributed by atoms with Crippen LogP contribution in [-0.2, 0) is 11.3 Å². The van der Waals surface area contributed by atoms with Crippen LogP contribution in [0.1, 0.15) is 50.2 Å². The lowest BCUT2D eigenvalue weighted by molar-refractivity contribution is -0.130. The molecule has 0 aliphatic carbocycles. The molecule has 1 aliphatic rings. The van der Waals surface area contributed by atoms with Crippen molar-refractivity contribution in [3.05, 3.63) is 111 Å². The third-order valence-corrected chi connectivity index (χ3v) is 10.2. The molecule has 0 radical (unpaired) electrons. The van der Waals surface area contributed by atoms with Gasteiger partial charge in [-0.1, -0.05) is 42.1 Å². The topological polar surface area (TPSA) is 120 Å². The molecular formula is C36H36N6O5S2. The molecule has 252 valence electrons. The van der Waals surface area contributed by atoms with Crippen LogP contribution >= 0.6 is 23.1 Å². The number of rotatable bonds is 12. The second-order valence-electron chi connectivity index (χ2n) is 11.2. The van der Waals surface area contributed by atoms with Crippen molar-refractivity contribution in [3.8, 4) is 22.9 Å². The van der Waals surface area contributed by atoms with E-state index in [1.54, 1.807) is 48.8 Å². The molecule has 2 amide bonds. The number of methoxy groups -OCH3 is 3. The Bertz CT molecular complexity index is 1990. The first kappa shape index (κ1) is 33.7.